The molecule has 1 unspecified atom stereocenters. The molecule has 0 radical (unpaired) electrons. The van der Waals surface area contributed by atoms with Gasteiger partial charge in [0.15, 0.2) is 0 Å². The third kappa shape index (κ3) is 4.26. The number of hydrogen-bond acceptors (Lipinski definition) is 2. The van der Waals surface area contributed by atoms with Crippen LogP contribution in [0.1, 0.15) is 17.3 Å². The van der Waals surface area contributed by atoms with Crippen LogP contribution >= 0.6 is 27.7 Å². The molecule has 0 saturated carbocycles. The van der Waals surface area contributed by atoms with Gasteiger partial charge in [0.25, 0.3) is 5.91 Å². The molecule has 1 aromatic carbocycles. The SMILES string of the molecule is CSC(C)CNC(=O)c1ccc(Br)cc1. The lowest BCUT2D eigenvalue weighted by Crippen LogP contribution is -2.29. The first-order valence-electron chi connectivity index (χ1n) is 4.70. The number of benzene rings is 1. The van der Waals surface area contributed by atoms with Crippen LogP contribution in [-0.4, -0.2) is 24.0 Å². The molecule has 1 rings (SSSR count). The molecule has 1 amide bonds. The van der Waals surface area contributed by atoms with E-state index in [-0.39, 0.29) is 5.91 Å². The maximum absolute atomic E-state index is 11.6. The van der Waals surface area contributed by atoms with E-state index in [1.54, 1.807) is 11.8 Å². The molecule has 0 saturated heterocycles. The van der Waals surface area contributed by atoms with Crippen molar-refractivity contribution in [3.63, 3.8) is 0 Å². The summed E-state index contributed by atoms with van der Waals surface area (Å²) in [5, 5.41) is 3.34. The van der Waals surface area contributed by atoms with Gasteiger partial charge < -0.3 is 5.32 Å². The van der Waals surface area contributed by atoms with Gasteiger partial charge in [-0.3, -0.25) is 4.79 Å². The number of thioether (sulfide) groups is 1. The van der Waals surface area contributed by atoms with Crippen molar-refractivity contribution in [3.8, 4) is 0 Å². The van der Waals surface area contributed by atoms with Crippen LogP contribution < -0.4 is 5.32 Å². The van der Waals surface area contributed by atoms with Crippen molar-refractivity contribution in [3.05, 3.63) is 34.3 Å². The predicted octanol–water partition coefficient (Wildman–Crippen LogP) is 2.93. The van der Waals surface area contributed by atoms with Gasteiger partial charge in [0.2, 0.25) is 0 Å². The highest BCUT2D eigenvalue weighted by Crippen LogP contribution is 2.10. The molecule has 0 aliphatic rings. The summed E-state index contributed by atoms with van der Waals surface area (Å²) in [6, 6.07) is 7.35. The van der Waals surface area contributed by atoms with Gasteiger partial charge in [0, 0.05) is 21.8 Å². The van der Waals surface area contributed by atoms with Gasteiger partial charge in [-0.05, 0) is 30.5 Å². The van der Waals surface area contributed by atoms with Crippen LogP contribution in [0, 0.1) is 0 Å². The number of carbonyl (C=O) groups is 1. The Balaban J connectivity index is 2.50. The first kappa shape index (κ1) is 12.6. The van der Waals surface area contributed by atoms with Gasteiger partial charge in [0.1, 0.15) is 0 Å². The lowest BCUT2D eigenvalue weighted by Gasteiger charge is -2.09. The highest BCUT2D eigenvalue weighted by Gasteiger charge is 2.06. The molecular weight excluding hydrogens is 274 g/mol. The molecule has 0 spiro atoms. The summed E-state index contributed by atoms with van der Waals surface area (Å²) in [6.07, 6.45) is 2.04. The second-order valence-corrected chi connectivity index (χ2v) is 5.46. The van der Waals surface area contributed by atoms with Crippen molar-refractivity contribution < 1.29 is 4.79 Å². The van der Waals surface area contributed by atoms with E-state index in [1.165, 1.54) is 0 Å². The molecule has 0 bridgehead atoms. The molecule has 2 nitrogen and oxygen atoms in total. The third-order valence-corrected chi connectivity index (χ3v) is 3.56. The van der Waals surface area contributed by atoms with Crippen LogP contribution in [0.5, 0.6) is 0 Å². The average molecular weight is 288 g/mol. The van der Waals surface area contributed by atoms with Crippen LogP contribution in [0.3, 0.4) is 0 Å². The Bertz CT molecular complexity index is 326. The standard InChI is InChI=1S/C11H14BrNOS/c1-8(15-2)7-13-11(14)9-3-5-10(12)6-4-9/h3-6,8H,7H2,1-2H3,(H,13,14). The topological polar surface area (TPSA) is 29.1 Å². The van der Waals surface area contributed by atoms with Crippen LogP contribution in [0.4, 0.5) is 0 Å². The zero-order valence-electron chi connectivity index (χ0n) is 8.79. The molecule has 1 N–H and O–H groups in total. The van der Waals surface area contributed by atoms with E-state index in [2.05, 4.69) is 28.2 Å². The van der Waals surface area contributed by atoms with Crippen molar-refractivity contribution in [1.29, 1.82) is 0 Å². The van der Waals surface area contributed by atoms with E-state index in [0.717, 1.165) is 4.47 Å². The first-order valence-corrected chi connectivity index (χ1v) is 6.78. The number of rotatable bonds is 4. The van der Waals surface area contributed by atoms with Crippen molar-refractivity contribution in [2.45, 2.75) is 12.2 Å². The van der Waals surface area contributed by atoms with Crippen molar-refractivity contribution >= 4 is 33.6 Å². The molecule has 82 valence electrons. The van der Waals surface area contributed by atoms with E-state index >= 15 is 0 Å². The molecule has 1 atom stereocenters. The fourth-order valence-electron chi connectivity index (χ4n) is 1.02. The van der Waals surface area contributed by atoms with E-state index in [9.17, 15) is 4.79 Å². The smallest absolute Gasteiger partial charge is 0.251 e. The number of halogens is 1. The van der Waals surface area contributed by atoms with Gasteiger partial charge >= 0.3 is 0 Å². The van der Waals surface area contributed by atoms with Gasteiger partial charge in [-0.15, -0.1) is 0 Å². The average Bonchev–Trinajstić information content (AvgIpc) is 2.26. The number of nitrogens with one attached hydrogen (secondary N) is 1. The highest BCUT2D eigenvalue weighted by molar-refractivity contribution is 9.10. The molecule has 15 heavy (non-hydrogen) atoms. The fourth-order valence-corrected chi connectivity index (χ4v) is 1.54. The minimum Gasteiger partial charge on any atom is -0.351 e. The Kier molecular flexibility index (Phi) is 5.19. The number of carbonyl (C=O) groups excluding carboxylic acids is 1. The molecule has 1 aromatic rings. The lowest BCUT2D eigenvalue weighted by atomic mass is 10.2. The van der Waals surface area contributed by atoms with Crippen LogP contribution in [0.2, 0.25) is 0 Å². The second kappa shape index (κ2) is 6.18. The summed E-state index contributed by atoms with van der Waals surface area (Å²) in [7, 11) is 0. The highest BCUT2D eigenvalue weighted by atomic mass is 79.9. The monoisotopic (exact) mass is 287 g/mol. The summed E-state index contributed by atoms with van der Waals surface area (Å²) in [5.74, 6) is -0.0107. The van der Waals surface area contributed by atoms with Gasteiger partial charge in [-0.1, -0.05) is 22.9 Å². The molecular formula is C11H14BrNOS. The zero-order valence-corrected chi connectivity index (χ0v) is 11.2. The largest absolute Gasteiger partial charge is 0.351 e. The quantitative estimate of drug-likeness (QED) is 0.923. The van der Waals surface area contributed by atoms with E-state index in [4.69, 9.17) is 0 Å². The Morgan fingerprint density at radius 3 is 2.60 bits per heavy atom. The molecule has 0 aliphatic carbocycles. The fraction of sp³-hybridized carbons (Fsp3) is 0.364. The Morgan fingerprint density at radius 1 is 1.47 bits per heavy atom. The third-order valence-electron chi connectivity index (χ3n) is 2.06. The summed E-state index contributed by atoms with van der Waals surface area (Å²) >= 11 is 5.08. The molecule has 4 heteroatoms. The van der Waals surface area contributed by atoms with Crippen LogP contribution in [-0.2, 0) is 0 Å². The maximum atomic E-state index is 11.6. The minimum atomic E-state index is -0.0107. The van der Waals surface area contributed by atoms with Gasteiger partial charge in [-0.2, -0.15) is 11.8 Å². The van der Waals surface area contributed by atoms with Crippen LogP contribution in [0.25, 0.3) is 0 Å². The maximum Gasteiger partial charge on any atom is 0.251 e. The number of hydrogen-bond donors (Lipinski definition) is 1. The summed E-state index contributed by atoms with van der Waals surface area (Å²) < 4.78 is 0.983. The summed E-state index contributed by atoms with van der Waals surface area (Å²) in [4.78, 5) is 11.6. The predicted molar refractivity (Wildman–Crippen MR) is 69.5 cm³/mol. The van der Waals surface area contributed by atoms with Gasteiger partial charge in [-0.25, -0.2) is 0 Å². The van der Waals surface area contributed by atoms with E-state index in [1.807, 2.05) is 30.5 Å². The van der Waals surface area contributed by atoms with E-state index in [0.29, 0.717) is 17.4 Å². The Hall–Kier alpha value is -0.480. The van der Waals surface area contributed by atoms with Crippen molar-refractivity contribution in [2.75, 3.05) is 12.8 Å². The molecule has 0 heterocycles. The number of amides is 1. The first-order chi connectivity index (χ1) is 7.13. The van der Waals surface area contributed by atoms with Crippen molar-refractivity contribution in [1.82, 2.24) is 5.32 Å². The van der Waals surface area contributed by atoms with Crippen molar-refractivity contribution in [2.24, 2.45) is 0 Å². The lowest BCUT2D eigenvalue weighted by molar-refractivity contribution is 0.0954. The summed E-state index contributed by atoms with van der Waals surface area (Å²) in [6.45, 7) is 2.79. The Labute approximate surface area is 103 Å². The normalized spacial score (nSPS) is 12.2. The second-order valence-electron chi connectivity index (χ2n) is 3.26. The molecule has 0 aliphatic heterocycles. The molecule has 0 fully saturated rings. The Morgan fingerprint density at radius 2 is 2.07 bits per heavy atom. The zero-order chi connectivity index (χ0) is 11.3. The van der Waals surface area contributed by atoms with Gasteiger partial charge in [0.05, 0.1) is 0 Å². The van der Waals surface area contributed by atoms with E-state index < -0.39 is 0 Å². The minimum absolute atomic E-state index is 0.0107. The van der Waals surface area contributed by atoms with Crippen LogP contribution in [0.15, 0.2) is 28.7 Å². The summed E-state index contributed by atoms with van der Waals surface area (Å²) in [5.41, 5.74) is 0.700. The molecule has 0 aromatic heterocycles.